The van der Waals surface area contributed by atoms with Gasteiger partial charge in [-0.1, -0.05) is 0 Å². The number of hydrogen-bond donors (Lipinski definition) is 0. The van der Waals surface area contributed by atoms with Crippen LogP contribution in [0.3, 0.4) is 0 Å². The average molecular weight is 355 g/mol. The van der Waals surface area contributed by atoms with Gasteiger partial charge in [0.05, 0.1) is 17.9 Å². The SMILES string of the molecule is Cc1cc(-c2cnn(C3CCc4cc(Br)cnc43)c2)ccn1. The van der Waals surface area contributed by atoms with Gasteiger partial charge in [-0.15, -0.1) is 0 Å². The molecule has 0 saturated heterocycles. The summed E-state index contributed by atoms with van der Waals surface area (Å²) in [5.74, 6) is 0. The largest absolute Gasteiger partial charge is 0.263 e. The maximum absolute atomic E-state index is 4.60. The van der Waals surface area contributed by atoms with Crippen molar-refractivity contribution in [1.82, 2.24) is 19.7 Å². The maximum atomic E-state index is 4.60. The molecule has 0 aliphatic heterocycles. The number of pyridine rings is 2. The molecule has 3 aromatic rings. The van der Waals surface area contributed by atoms with E-state index in [0.717, 1.165) is 39.8 Å². The van der Waals surface area contributed by atoms with E-state index < -0.39 is 0 Å². The highest BCUT2D eigenvalue weighted by Crippen LogP contribution is 2.34. The van der Waals surface area contributed by atoms with Crippen LogP contribution in [-0.2, 0) is 6.42 Å². The molecule has 0 amide bonds. The van der Waals surface area contributed by atoms with E-state index in [4.69, 9.17) is 0 Å². The Bertz CT molecular complexity index is 840. The zero-order valence-corrected chi connectivity index (χ0v) is 13.8. The summed E-state index contributed by atoms with van der Waals surface area (Å²) in [4.78, 5) is 8.84. The van der Waals surface area contributed by atoms with Crippen molar-refractivity contribution in [2.24, 2.45) is 0 Å². The molecule has 1 aliphatic rings. The smallest absolute Gasteiger partial charge is 0.0945 e. The van der Waals surface area contributed by atoms with Crippen molar-refractivity contribution < 1.29 is 0 Å². The van der Waals surface area contributed by atoms with E-state index in [1.54, 1.807) is 0 Å². The zero-order chi connectivity index (χ0) is 15.1. The predicted octanol–water partition coefficient (Wildman–Crippen LogP) is 3.95. The van der Waals surface area contributed by atoms with Crippen LogP contribution in [0.25, 0.3) is 11.1 Å². The van der Waals surface area contributed by atoms with E-state index >= 15 is 0 Å². The fourth-order valence-electron chi connectivity index (χ4n) is 3.06. The first-order valence-electron chi connectivity index (χ1n) is 7.32. The van der Waals surface area contributed by atoms with Crippen molar-refractivity contribution in [3.05, 3.63) is 64.4 Å². The third kappa shape index (κ3) is 2.35. The lowest BCUT2D eigenvalue weighted by Gasteiger charge is -2.11. The molecule has 0 fully saturated rings. The summed E-state index contributed by atoms with van der Waals surface area (Å²) < 4.78 is 3.08. The second-order valence-corrected chi connectivity index (χ2v) is 6.56. The third-order valence-electron chi connectivity index (χ3n) is 4.12. The number of hydrogen-bond acceptors (Lipinski definition) is 3. The number of aromatic nitrogens is 4. The van der Waals surface area contributed by atoms with Gasteiger partial charge < -0.3 is 0 Å². The molecule has 1 aliphatic carbocycles. The van der Waals surface area contributed by atoms with Crippen LogP contribution in [0.2, 0.25) is 0 Å². The van der Waals surface area contributed by atoms with E-state index in [1.165, 1.54) is 5.56 Å². The van der Waals surface area contributed by atoms with E-state index in [2.05, 4.69) is 49.3 Å². The molecule has 1 unspecified atom stereocenters. The fourth-order valence-corrected chi connectivity index (χ4v) is 3.44. The summed E-state index contributed by atoms with van der Waals surface area (Å²) in [6.07, 6.45) is 9.84. The molecule has 4 rings (SSSR count). The van der Waals surface area contributed by atoms with Crippen LogP contribution in [0.5, 0.6) is 0 Å². The third-order valence-corrected chi connectivity index (χ3v) is 4.56. The Labute approximate surface area is 137 Å². The minimum Gasteiger partial charge on any atom is -0.263 e. The van der Waals surface area contributed by atoms with Crippen molar-refractivity contribution in [1.29, 1.82) is 0 Å². The number of fused-ring (bicyclic) bond motifs is 1. The summed E-state index contributed by atoms with van der Waals surface area (Å²) in [6, 6.07) is 6.50. The van der Waals surface area contributed by atoms with Crippen molar-refractivity contribution in [3.8, 4) is 11.1 Å². The highest BCUT2D eigenvalue weighted by molar-refractivity contribution is 9.10. The van der Waals surface area contributed by atoms with Crippen molar-refractivity contribution in [2.45, 2.75) is 25.8 Å². The Morgan fingerprint density at radius 1 is 1.18 bits per heavy atom. The van der Waals surface area contributed by atoms with Gasteiger partial charge in [0.15, 0.2) is 0 Å². The Morgan fingerprint density at radius 3 is 2.95 bits per heavy atom. The van der Waals surface area contributed by atoms with Crippen LogP contribution in [0, 0.1) is 6.92 Å². The lowest BCUT2D eigenvalue weighted by atomic mass is 10.1. The lowest BCUT2D eigenvalue weighted by Crippen LogP contribution is -2.09. The Morgan fingerprint density at radius 2 is 2.09 bits per heavy atom. The number of nitrogens with zero attached hydrogens (tertiary/aromatic N) is 4. The predicted molar refractivity (Wildman–Crippen MR) is 88.6 cm³/mol. The Kier molecular flexibility index (Phi) is 3.30. The van der Waals surface area contributed by atoms with E-state index in [0.29, 0.717) is 0 Å². The van der Waals surface area contributed by atoms with Crippen LogP contribution in [-0.4, -0.2) is 19.7 Å². The molecule has 110 valence electrons. The van der Waals surface area contributed by atoms with E-state index in [1.807, 2.05) is 36.3 Å². The summed E-state index contributed by atoms with van der Waals surface area (Å²) in [5, 5.41) is 4.57. The summed E-state index contributed by atoms with van der Waals surface area (Å²) in [5.41, 5.74) is 5.75. The number of rotatable bonds is 2. The molecular weight excluding hydrogens is 340 g/mol. The summed E-state index contributed by atoms with van der Waals surface area (Å²) in [6.45, 7) is 2.00. The molecule has 1 atom stereocenters. The number of aryl methyl sites for hydroxylation is 2. The summed E-state index contributed by atoms with van der Waals surface area (Å²) in [7, 11) is 0. The monoisotopic (exact) mass is 354 g/mol. The topological polar surface area (TPSA) is 43.6 Å². The second-order valence-electron chi connectivity index (χ2n) is 5.65. The molecular formula is C17H15BrN4. The molecule has 0 N–H and O–H groups in total. The van der Waals surface area contributed by atoms with Crippen LogP contribution < -0.4 is 0 Å². The second kappa shape index (κ2) is 5.32. The minimum absolute atomic E-state index is 0.236. The van der Waals surface area contributed by atoms with Gasteiger partial charge in [0.1, 0.15) is 0 Å². The summed E-state index contributed by atoms with van der Waals surface area (Å²) >= 11 is 3.49. The number of halogens is 1. The molecule has 0 radical (unpaired) electrons. The van der Waals surface area contributed by atoms with Gasteiger partial charge in [0.25, 0.3) is 0 Å². The molecule has 3 aromatic heterocycles. The molecule has 0 bridgehead atoms. The van der Waals surface area contributed by atoms with Gasteiger partial charge in [-0.25, -0.2) is 0 Å². The fraction of sp³-hybridized carbons (Fsp3) is 0.235. The molecule has 5 heteroatoms. The van der Waals surface area contributed by atoms with Crippen LogP contribution in [0.15, 0.2) is 47.5 Å². The molecule has 0 saturated carbocycles. The Hall–Kier alpha value is -2.01. The molecule has 22 heavy (non-hydrogen) atoms. The van der Waals surface area contributed by atoms with Crippen LogP contribution in [0.4, 0.5) is 0 Å². The highest BCUT2D eigenvalue weighted by atomic mass is 79.9. The van der Waals surface area contributed by atoms with Gasteiger partial charge in [0, 0.05) is 34.3 Å². The molecule has 3 heterocycles. The van der Waals surface area contributed by atoms with Crippen LogP contribution in [0.1, 0.15) is 29.4 Å². The zero-order valence-electron chi connectivity index (χ0n) is 12.2. The Balaban J connectivity index is 1.69. The van der Waals surface area contributed by atoms with Gasteiger partial charge >= 0.3 is 0 Å². The van der Waals surface area contributed by atoms with E-state index in [-0.39, 0.29) is 6.04 Å². The maximum Gasteiger partial charge on any atom is 0.0945 e. The highest BCUT2D eigenvalue weighted by Gasteiger charge is 2.26. The van der Waals surface area contributed by atoms with Crippen molar-refractivity contribution in [2.75, 3.05) is 0 Å². The lowest BCUT2D eigenvalue weighted by molar-refractivity contribution is 0.511. The van der Waals surface area contributed by atoms with Crippen molar-refractivity contribution in [3.63, 3.8) is 0 Å². The average Bonchev–Trinajstić information content (AvgIpc) is 3.12. The quantitative estimate of drug-likeness (QED) is 0.699. The normalized spacial score (nSPS) is 16.7. The molecule has 4 nitrogen and oxygen atoms in total. The van der Waals surface area contributed by atoms with Gasteiger partial charge in [-0.3, -0.25) is 14.6 Å². The first-order chi connectivity index (χ1) is 10.7. The van der Waals surface area contributed by atoms with Crippen molar-refractivity contribution >= 4 is 15.9 Å². The van der Waals surface area contributed by atoms with Gasteiger partial charge in [0.2, 0.25) is 0 Å². The van der Waals surface area contributed by atoms with Gasteiger partial charge in [-0.2, -0.15) is 5.10 Å². The molecule has 0 aromatic carbocycles. The minimum atomic E-state index is 0.236. The molecule has 0 spiro atoms. The van der Waals surface area contributed by atoms with Gasteiger partial charge in [-0.05, 0) is 65.0 Å². The standard InChI is InChI=1S/C17H15BrN4/c1-11-6-12(4-5-19-11)14-8-21-22(10-14)16-3-2-13-7-15(18)9-20-17(13)16/h4-10,16H,2-3H2,1H3. The van der Waals surface area contributed by atoms with Crippen LogP contribution >= 0.6 is 15.9 Å². The van der Waals surface area contributed by atoms with E-state index in [9.17, 15) is 0 Å². The first-order valence-corrected chi connectivity index (χ1v) is 8.11. The first kappa shape index (κ1) is 13.6.